The second kappa shape index (κ2) is 4.44. The zero-order chi connectivity index (χ0) is 13.3. The van der Waals surface area contributed by atoms with Gasteiger partial charge in [-0.1, -0.05) is 12.1 Å². The molecule has 0 atom stereocenters. The van der Waals surface area contributed by atoms with Crippen LogP contribution in [0, 0.1) is 0 Å². The van der Waals surface area contributed by atoms with Crippen LogP contribution in [0.1, 0.15) is 31.9 Å². The van der Waals surface area contributed by atoms with Gasteiger partial charge in [-0.2, -0.15) is 0 Å². The van der Waals surface area contributed by atoms with Crippen LogP contribution in [0.2, 0.25) is 0 Å². The first kappa shape index (κ1) is 12.6. The van der Waals surface area contributed by atoms with Crippen molar-refractivity contribution < 1.29 is 9.59 Å². The van der Waals surface area contributed by atoms with E-state index < -0.39 is 5.41 Å². The third-order valence-electron chi connectivity index (χ3n) is 3.36. The van der Waals surface area contributed by atoms with Crippen molar-refractivity contribution in [3.05, 3.63) is 29.3 Å². The molecule has 0 saturated heterocycles. The van der Waals surface area contributed by atoms with Gasteiger partial charge in [0, 0.05) is 19.2 Å². The van der Waals surface area contributed by atoms with Crippen molar-refractivity contribution in [3.8, 4) is 0 Å². The largest absolute Gasteiger partial charge is 0.356 e. The predicted octanol–water partition coefficient (Wildman–Crippen LogP) is 1.59. The number of anilines is 1. The van der Waals surface area contributed by atoms with Crippen molar-refractivity contribution >= 4 is 17.5 Å². The standard InChI is InChI=1S/C14H18N2O2/c1-9(17)15-7-6-10-4-5-12-11(8-10)14(2,3)13(18)16-12/h4-5,8H,6-7H2,1-3H3,(H,15,17)(H,16,18). The van der Waals surface area contributed by atoms with Crippen LogP contribution in [0.4, 0.5) is 5.69 Å². The van der Waals surface area contributed by atoms with Gasteiger partial charge in [-0.15, -0.1) is 0 Å². The average molecular weight is 246 g/mol. The lowest BCUT2D eigenvalue weighted by molar-refractivity contribution is -0.120. The Bertz CT molecular complexity index is 507. The molecule has 1 heterocycles. The quantitative estimate of drug-likeness (QED) is 0.851. The van der Waals surface area contributed by atoms with Gasteiger partial charge in [0.2, 0.25) is 11.8 Å². The van der Waals surface area contributed by atoms with Crippen molar-refractivity contribution in [2.75, 3.05) is 11.9 Å². The summed E-state index contributed by atoms with van der Waals surface area (Å²) in [7, 11) is 0. The molecule has 4 nitrogen and oxygen atoms in total. The average Bonchev–Trinajstić information content (AvgIpc) is 2.51. The lowest BCUT2D eigenvalue weighted by Crippen LogP contribution is -2.27. The number of nitrogens with one attached hydrogen (secondary N) is 2. The van der Waals surface area contributed by atoms with Crippen LogP contribution in [0.25, 0.3) is 0 Å². The van der Waals surface area contributed by atoms with Crippen LogP contribution >= 0.6 is 0 Å². The van der Waals surface area contributed by atoms with Gasteiger partial charge in [-0.3, -0.25) is 9.59 Å². The maximum absolute atomic E-state index is 11.8. The topological polar surface area (TPSA) is 58.2 Å². The summed E-state index contributed by atoms with van der Waals surface area (Å²) in [5, 5.41) is 5.65. The Labute approximate surface area is 107 Å². The predicted molar refractivity (Wildman–Crippen MR) is 70.5 cm³/mol. The first-order valence-electron chi connectivity index (χ1n) is 6.10. The fourth-order valence-electron chi connectivity index (χ4n) is 2.16. The number of fused-ring (bicyclic) bond motifs is 1. The molecule has 2 amide bonds. The Balaban J connectivity index is 2.16. The Kier molecular flexibility index (Phi) is 3.11. The van der Waals surface area contributed by atoms with Gasteiger partial charge in [0.15, 0.2) is 0 Å². The van der Waals surface area contributed by atoms with Crippen molar-refractivity contribution in [1.29, 1.82) is 0 Å². The molecular weight excluding hydrogens is 228 g/mol. The molecule has 1 aliphatic rings. The summed E-state index contributed by atoms with van der Waals surface area (Å²) in [5.41, 5.74) is 2.59. The van der Waals surface area contributed by atoms with Gasteiger partial charge < -0.3 is 10.6 Å². The van der Waals surface area contributed by atoms with E-state index in [1.807, 2.05) is 26.0 Å². The highest BCUT2D eigenvalue weighted by atomic mass is 16.2. The van der Waals surface area contributed by atoms with Crippen LogP contribution in [-0.2, 0) is 21.4 Å². The number of carbonyl (C=O) groups is 2. The number of amides is 2. The molecule has 4 heteroatoms. The molecule has 1 aliphatic heterocycles. The molecule has 96 valence electrons. The molecule has 0 saturated carbocycles. The summed E-state index contributed by atoms with van der Waals surface area (Å²) in [6, 6.07) is 5.97. The van der Waals surface area contributed by atoms with Crippen LogP contribution in [-0.4, -0.2) is 18.4 Å². The smallest absolute Gasteiger partial charge is 0.234 e. The molecule has 0 fully saturated rings. The minimum absolute atomic E-state index is 0.0201. The molecule has 1 aromatic carbocycles. The van der Waals surface area contributed by atoms with Crippen LogP contribution < -0.4 is 10.6 Å². The van der Waals surface area contributed by atoms with Crippen molar-refractivity contribution in [2.24, 2.45) is 0 Å². The summed E-state index contributed by atoms with van der Waals surface area (Å²) in [4.78, 5) is 22.6. The highest BCUT2D eigenvalue weighted by Gasteiger charge is 2.38. The number of carbonyl (C=O) groups excluding carboxylic acids is 2. The molecule has 18 heavy (non-hydrogen) atoms. The Morgan fingerprint density at radius 2 is 2.11 bits per heavy atom. The number of benzene rings is 1. The van der Waals surface area contributed by atoms with E-state index in [0.717, 1.165) is 23.2 Å². The van der Waals surface area contributed by atoms with Crippen molar-refractivity contribution in [2.45, 2.75) is 32.6 Å². The highest BCUT2D eigenvalue weighted by Crippen LogP contribution is 2.37. The number of hydrogen-bond acceptors (Lipinski definition) is 2. The zero-order valence-corrected chi connectivity index (χ0v) is 11.0. The van der Waals surface area contributed by atoms with Gasteiger partial charge in [0.25, 0.3) is 0 Å². The van der Waals surface area contributed by atoms with Crippen LogP contribution in [0.3, 0.4) is 0 Å². The van der Waals surface area contributed by atoms with Crippen molar-refractivity contribution in [1.82, 2.24) is 5.32 Å². The fraction of sp³-hybridized carbons (Fsp3) is 0.429. The summed E-state index contributed by atoms with van der Waals surface area (Å²) in [6.45, 7) is 5.97. The first-order chi connectivity index (χ1) is 8.41. The molecule has 0 bridgehead atoms. The summed E-state index contributed by atoms with van der Waals surface area (Å²) < 4.78 is 0. The molecule has 0 aliphatic carbocycles. The molecule has 0 radical (unpaired) electrons. The van der Waals surface area contributed by atoms with E-state index in [-0.39, 0.29) is 11.8 Å². The Morgan fingerprint density at radius 3 is 2.78 bits per heavy atom. The second-order valence-corrected chi connectivity index (χ2v) is 5.19. The maximum Gasteiger partial charge on any atom is 0.234 e. The summed E-state index contributed by atoms with van der Waals surface area (Å²) >= 11 is 0. The number of hydrogen-bond donors (Lipinski definition) is 2. The van der Waals surface area contributed by atoms with Gasteiger partial charge in [0.05, 0.1) is 5.41 Å². The Hall–Kier alpha value is -1.84. The van der Waals surface area contributed by atoms with Crippen molar-refractivity contribution in [3.63, 3.8) is 0 Å². The van der Waals surface area contributed by atoms with E-state index >= 15 is 0 Å². The third kappa shape index (κ3) is 2.23. The van der Waals surface area contributed by atoms with E-state index in [1.54, 1.807) is 0 Å². The van der Waals surface area contributed by atoms with Crippen LogP contribution in [0.5, 0.6) is 0 Å². The van der Waals surface area contributed by atoms with Gasteiger partial charge >= 0.3 is 0 Å². The molecule has 0 spiro atoms. The monoisotopic (exact) mass is 246 g/mol. The van der Waals surface area contributed by atoms with E-state index in [0.29, 0.717) is 6.54 Å². The summed E-state index contributed by atoms with van der Waals surface area (Å²) in [5.74, 6) is 0.0184. The lowest BCUT2D eigenvalue weighted by Gasteiger charge is -2.15. The SMILES string of the molecule is CC(=O)NCCc1ccc2c(c1)C(C)(C)C(=O)N2. The van der Waals surface area contributed by atoms with E-state index in [4.69, 9.17) is 0 Å². The molecule has 0 aromatic heterocycles. The molecule has 1 aromatic rings. The maximum atomic E-state index is 11.8. The lowest BCUT2D eigenvalue weighted by atomic mass is 9.85. The molecule has 2 N–H and O–H groups in total. The van der Waals surface area contributed by atoms with E-state index in [1.165, 1.54) is 6.92 Å². The highest BCUT2D eigenvalue weighted by molar-refractivity contribution is 6.05. The third-order valence-corrected chi connectivity index (χ3v) is 3.36. The van der Waals surface area contributed by atoms with Gasteiger partial charge in [0.1, 0.15) is 0 Å². The fourth-order valence-corrected chi connectivity index (χ4v) is 2.16. The molecule has 2 rings (SSSR count). The van der Waals surface area contributed by atoms with E-state index in [9.17, 15) is 9.59 Å². The van der Waals surface area contributed by atoms with Gasteiger partial charge in [-0.05, 0) is 37.5 Å². The molecular formula is C14H18N2O2. The number of rotatable bonds is 3. The zero-order valence-electron chi connectivity index (χ0n) is 11.0. The van der Waals surface area contributed by atoms with Crippen LogP contribution in [0.15, 0.2) is 18.2 Å². The second-order valence-electron chi connectivity index (χ2n) is 5.19. The minimum atomic E-state index is -0.473. The normalized spacial score (nSPS) is 16.1. The first-order valence-corrected chi connectivity index (χ1v) is 6.10. The Morgan fingerprint density at radius 1 is 1.39 bits per heavy atom. The summed E-state index contributed by atoms with van der Waals surface area (Å²) in [6.07, 6.45) is 0.775. The van der Waals surface area contributed by atoms with Gasteiger partial charge in [-0.25, -0.2) is 0 Å². The minimum Gasteiger partial charge on any atom is -0.356 e. The van der Waals surface area contributed by atoms with E-state index in [2.05, 4.69) is 16.7 Å². The molecule has 0 unspecified atom stereocenters.